The van der Waals surface area contributed by atoms with Crippen LogP contribution in [0.15, 0.2) is 30.3 Å². The Hall–Kier alpha value is -2.13. The molecule has 0 aliphatic heterocycles. The maximum absolute atomic E-state index is 13.8. The SMILES string of the molecule is CCn1c(C(=O)NC(c2cc(Cl)c(Cl)c(Cl)c2)C(F)(F)F)cc2cc(C(=O)O)c(Cl)cc21. The Morgan fingerprint density at radius 2 is 1.62 bits per heavy atom. The lowest BCUT2D eigenvalue weighted by Gasteiger charge is -2.23. The third-order valence-corrected chi connectivity index (χ3v) is 6.22. The molecule has 0 aliphatic rings. The summed E-state index contributed by atoms with van der Waals surface area (Å²) in [6.07, 6.45) is -4.88. The molecule has 1 heterocycles. The number of hydrogen-bond donors (Lipinski definition) is 2. The van der Waals surface area contributed by atoms with Gasteiger partial charge >= 0.3 is 12.1 Å². The van der Waals surface area contributed by atoms with Crippen molar-refractivity contribution in [2.24, 2.45) is 0 Å². The van der Waals surface area contributed by atoms with Crippen molar-refractivity contribution in [1.29, 1.82) is 0 Å². The summed E-state index contributed by atoms with van der Waals surface area (Å²) < 4.78 is 42.8. The summed E-state index contributed by atoms with van der Waals surface area (Å²) >= 11 is 23.5. The fourth-order valence-corrected chi connectivity index (χ4v) is 4.13. The number of aryl methyl sites for hydroxylation is 1. The topological polar surface area (TPSA) is 71.3 Å². The van der Waals surface area contributed by atoms with Gasteiger partial charge in [0.25, 0.3) is 5.91 Å². The molecule has 1 aromatic heterocycles. The Morgan fingerprint density at radius 3 is 2.12 bits per heavy atom. The van der Waals surface area contributed by atoms with Crippen LogP contribution in [0.1, 0.15) is 39.4 Å². The van der Waals surface area contributed by atoms with Crippen molar-refractivity contribution in [3.8, 4) is 0 Å². The van der Waals surface area contributed by atoms with Gasteiger partial charge in [-0.05, 0) is 42.8 Å². The number of alkyl halides is 3. The molecule has 170 valence electrons. The first-order valence-corrected chi connectivity index (χ1v) is 10.4. The molecule has 3 aromatic rings. The third-order valence-electron chi connectivity index (χ3n) is 4.71. The molecule has 0 saturated carbocycles. The van der Waals surface area contributed by atoms with Crippen LogP contribution in [0.5, 0.6) is 0 Å². The molecule has 0 saturated heterocycles. The summed E-state index contributed by atoms with van der Waals surface area (Å²) in [7, 11) is 0. The van der Waals surface area contributed by atoms with Gasteiger partial charge in [-0.25, -0.2) is 4.79 Å². The maximum atomic E-state index is 13.8. The van der Waals surface area contributed by atoms with E-state index in [0.29, 0.717) is 10.9 Å². The minimum atomic E-state index is -4.88. The second-order valence-electron chi connectivity index (χ2n) is 6.72. The highest BCUT2D eigenvalue weighted by Crippen LogP contribution is 2.39. The van der Waals surface area contributed by atoms with E-state index in [4.69, 9.17) is 46.4 Å². The van der Waals surface area contributed by atoms with E-state index in [9.17, 15) is 27.9 Å². The number of hydrogen-bond acceptors (Lipinski definition) is 2. The molecule has 5 nitrogen and oxygen atoms in total. The molecule has 1 atom stereocenters. The summed E-state index contributed by atoms with van der Waals surface area (Å²) in [4.78, 5) is 24.2. The van der Waals surface area contributed by atoms with Crippen LogP contribution in [0.3, 0.4) is 0 Å². The van der Waals surface area contributed by atoms with Gasteiger partial charge in [0, 0.05) is 11.9 Å². The Bertz CT molecular complexity index is 1220. The quantitative estimate of drug-likeness (QED) is 0.351. The zero-order valence-electron chi connectivity index (χ0n) is 16.0. The van der Waals surface area contributed by atoms with Gasteiger partial charge in [0.2, 0.25) is 0 Å². The minimum absolute atomic E-state index is 0.0663. The van der Waals surface area contributed by atoms with Gasteiger partial charge in [-0.3, -0.25) is 4.79 Å². The number of carboxylic acids is 1. The number of nitrogens with one attached hydrogen (secondary N) is 1. The maximum Gasteiger partial charge on any atom is 0.412 e. The highest BCUT2D eigenvalue weighted by atomic mass is 35.5. The average molecular weight is 528 g/mol. The van der Waals surface area contributed by atoms with E-state index in [0.717, 1.165) is 12.1 Å². The zero-order valence-corrected chi connectivity index (χ0v) is 19.1. The highest BCUT2D eigenvalue weighted by Gasteiger charge is 2.43. The normalized spacial score (nSPS) is 12.8. The van der Waals surface area contributed by atoms with Crippen LogP contribution < -0.4 is 5.32 Å². The number of aromatic carboxylic acids is 1. The van der Waals surface area contributed by atoms with Gasteiger partial charge in [0.05, 0.1) is 31.2 Å². The van der Waals surface area contributed by atoms with Crippen molar-refractivity contribution in [1.82, 2.24) is 9.88 Å². The lowest BCUT2D eigenvalue weighted by Crippen LogP contribution is -2.38. The standard InChI is InChI=1S/C20H13Cl4F3N2O3/c1-2-29-14-7-11(21)10(19(31)32)3-8(14)6-15(29)18(30)28-17(20(25,26)27)9-4-12(22)16(24)13(23)5-9/h3-7,17H,2H2,1H3,(H,28,30)(H,31,32). The molecule has 0 fully saturated rings. The van der Waals surface area contributed by atoms with E-state index < -0.39 is 29.7 Å². The van der Waals surface area contributed by atoms with E-state index in [1.807, 2.05) is 5.32 Å². The van der Waals surface area contributed by atoms with E-state index in [-0.39, 0.29) is 37.9 Å². The number of fused-ring (bicyclic) bond motifs is 1. The number of carbonyl (C=O) groups excluding carboxylic acids is 1. The summed E-state index contributed by atoms with van der Waals surface area (Å²) in [5.41, 5.74) is -0.311. The van der Waals surface area contributed by atoms with Gasteiger partial charge < -0.3 is 15.0 Å². The molecule has 0 radical (unpaired) electrons. The first kappa shape index (κ1) is 24.5. The van der Waals surface area contributed by atoms with Crippen LogP contribution in [-0.2, 0) is 6.54 Å². The molecule has 2 aromatic carbocycles. The summed E-state index contributed by atoms with van der Waals surface area (Å²) in [5.74, 6) is -2.32. The predicted molar refractivity (Wildman–Crippen MR) is 117 cm³/mol. The molecule has 1 unspecified atom stereocenters. The molecule has 0 aliphatic carbocycles. The van der Waals surface area contributed by atoms with Gasteiger partial charge in [-0.2, -0.15) is 13.2 Å². The monoisotopic (exact) mass is 526 g/mol. The van der Waals surface area contributed by atoms with Crippen LogP contribution in [0.25, 0.3) is 10.9 Å². The van der Waals surface area contributed by atoms with Crippen molar-refractivity contribution in [3.05, 3.63) is 67.2 Å². The summed E-state index contributed by atoms with van der Waals surface area (Å²) in [5, 5.41) is 11.0. The van der Waals surface area contributed by atoms with E-state index in [1.165, 1.54) is 22.8 Å². The fourth-order valence-electron chi connectivity index (χ4n) is 3.28. The number of amides is 1. The molecular weight excluding hydrogens is 515 g/mol. The van der Waals surface area contributed by atoms with Crippen LogP contribution in [-0.4, -0.2) is 27.7 Å². The number of carboxylic acid groups (broad SMARTS) is 1. The Balaban J connectivity index is 2.08. The second kappa shape index (κ2) is 9.02. The summed E-state index contributed by atoms with van der Waals surface area (Å²) in [6.45, 7) is 1.89. The molecule has 3 rings (SSSR count). The molecule has 0 bridgehead atoms. The number of nitrogens with zero attached hydrogens (tertiary/aromatic N) is 1. The molecule has 32 heavy (non-hydrogen) atoms. The van der Waals surface area contributed by atoms with Gasteiger partial charge in [-0.15, -0.1) is 0 Å². The smallest absolute Gasteiger partial charge is 0.412 e. The first-order chi connectivity index (χ1) is 14.8. The van der Waals surface area contributed by atoms with Crippen molar-refractivity contribution in [3.63, 3.8) is 0 Å². The van der Waals surface area contributed by atoms with Crippen molar-refractivity contribution < 1.29 is 27.9 Å². The van der Waals surface area contributed by atoms with Crippen LogP contribution in [0.4, 0.5) is 13.2 Å². The van der Waals surface area contributed by atoms with Crippen molar-refractivity contribution >= 4 is 69.2 Å². The van der Waals surface area contributed by atoms with Gasteiger partial charge in [-0.1, -0.05) is 46.4 Å². The average Bonchev–Trinajstić information content (AvgIpc) is 3.05. The van der Waals surface area contributed by atoms with Crippen LogP contribution in [0, 0.1) is 0 Å². The number of halogens is 7. The minimum Gasteiger partial charge on any atom is -0.478 e. The molecule has 1 amide bonds. The van der Waals surface area contributed by atoms with Crippen molar-refractivity contribution in [2.45, 2.75) is 25.7 Å². The van der Waals surface area contributed by atoms with Crippen molar-refractivity contribution in [2.75, 3.05) is 0 Å². The van der Waals surface area contributed by atoms with E-state index >= 15 is 0 Å². The molecule has 12 heteroatoms. The second-order valence-corrected chi connectivity index (χ2v) is 8.32. The third kappa shape index (κ3) is 4.64. The molecule has 2 N–H and O–H groups in total. The predicted octanol–water partition coefficient (Wildman–Crippen LogP) is 7.01. The first-order valence-electron chi connectivity index (χ1n) is 8.93. The Kier molecular flexibility index (Phi) is 6.91. The Morgan fingerprint density at radius 1 is 1.03 bits per heavy atom. The van der Waals surface area contributed by atoms with Crippen LogP contribution >= 0.6 is 46.4 Å². The summed E-state index contributed by atoms with van der Waals surface area (Å²) in [6, 6.07) is 3.42. The fraction of sp³-hybridized carbons (Fsp3) is 0.200. The van der Waals surface area contributed by atoms with Gasteiger partial charge in [0.1, 0.15) is 5.69 Å². The number of rotatable bonds is 5. The lowest BCUT2D eigenvalue weighted by molar-refractivity contribution is -0.155. The van der Waals surface area contributed by atoms with Crippen LogP contribution in [0.2, 0.25) is 20.1 Å². The number of aromatic nitrogens is 1. The van der Waals surface area contributed by atoms with E-state index in [2.05, 4.69) is 0 Å². The largest absolute Gasteiger partial charge is 0.478 e. The Labute approximate surface area is 199 Å². The lowest BCUT2D eigenvalue weighted by atomic mass is 10.1. The number of carbonyl (C=O) groups is 2. The van der Waals surface area contributed by atoms with Gasteiger partial charge in [0.15, 0.2) is 6.04 Å². The zero-order chi connectivity index (χ0) is 24.0. The molecule has 0 spiro atoms. The molecular formula is C20H13Cl4F3N2O3. The highest BCUT2D eigenvalue weighted by molar-refractivity contribution is 6.48. The number of benzene rings is 2. The van der Waals surface area contributed by atoms with E-state index in [1.54, 1.807) is 6.92 Å².